The van der Waals surface area contributed by atoms with Crippen molar-refractivity contribution in [2.45, 2.75) is 63.9 Å². The van der Waals surface area contributed by atoms with E-state index in [1.807, 2.05) is 32.6 Å². The third kappa shape index (κ3) is 4.14. The summed E-state index contributed by atoms with van der Waals surface area (Å²) >= 11 is 0. The van der Waals surface area contributed by atoms with Crippen LogP contribution in [0.25, 0.3) is 0 Å². The van der Waals surface area contributed by atoms with Gasteiger partial charge in [-0.1, -0.05) is 0 Å². The first kappa shape index (κ1) is 21.0. The third-order valence-corrected chi connectivity index (χ3v) is 5.81. The van der Waals surface area contributed by atoms with Crippen LogP contribution in [0.15, 0.2) is 12.4 Å². The molecule has 0 aromatic carbocycles. The van der Waals surface area contributed by atoms with Gasteiger partial charge >= 0.3 is 7.12 Å². The summed E-state index contributed by atoms with van der Waals surface area (Å²) in [5, 5.41) is 20.9. The van der Waals surface area contributed by atoms with Gasteiger partial charge in [-0.25, -0.2) is 9.97 Å². The molecule has 2 aliphatic rings. The maximum absolute atomic E-state index is 11.7. The van der Waals surface area contributed by atoms with Crippen molar-refractivity contribution in [2.24, 2.45) is 0 Å². The fraction of sp³-hybridized carbons (Fsp3) is 0.722. The van der Waals surface area contributed by atoms with Crippen molar-refractivity contribution in [2.75, 3.05) is 24.6 Å². The number of rotatable bonds is 6. The Labute approximate surface area is 165 Å². The summed E-state index contributed by atoms with van der Waals surface area (Å²) in [5.74, 6) is 0.00565. The van der Waals surface area contributed by atoms with E-state index in [0.29, 0.717) is 12.5 Å². The highest BCUT2D eigenvalue weighted by Gasteiger charge is 2.52. The molecule has 2 aliphatic heterocycles. The molecule has 0 saturated carbocycles. The number of aliphatic hydroxyl groups is 2. The summed E-state index contributed by atoms with van der Waals surface area (Å²) < 4.78 is 12.1. The van der Waals surface area contributed by atoms with Crippen LogP contribution in [0.3, 0.4) is 0 Å². The van der Waals surface area contributed by atoms with E-state index in [4.69, 9.17) is 14.4 Å². The molecule has 3 heterocycles. The van der Waals surface area contributed by atoms with Crippen LogP contribution in [-0.4, -0.2) is 76.3 Å². The van der Waals surface area contributed by atoms with Gasteiger partial charge in [-0.15, -0.1) is 0 Å². The molecule has 2 fully saturated rings. The minimum atomic E-state index is -1.40. The summed E-state index contributed by atoms with van der Waals surface area (Å²) in [4.78, 5) is 22.7. The highest BCUT2D eigenvalue weighted by molar-refractivity contribution is 6.61. The van der Waals surface area contributed by atoms with Crippen molar-refractivity contribution in [3.8, 4) is 0 Å². The van der Waals surface area contributed by atoms with Gasteiger partial charge in [0.2, 0.25) is 5.95 Å². The molecule has 2 unspecified atom stereocenters. The minimum absolute atomic E-state index is 0.0394. The van der Waals surface area contributed by atoms with Crippen LogP contribution in [0.1, 0.15) is 40.5 Å². The van der Waals surface area contributed by atoms with Crippen LogP contribution in [0, 0.1) is 0 Å². The van der Waals surface area contributed by atoms with Crippen LogP contribution in [0.2, 0.25) is 0 Å². The van der Waals surface area contributed by atoms with E-state index in [0.717, 1.165) is 24.8 Å². The van der Waals surface area contributed by atoms with E-state index < -0.39 is 36.9 Å². The summed E-state index contributed by atoms with van der Waals surface area (Å²) in [7, 11) is -0.507. The first-order chi connectivity index (χ1) is 13.1. The molecule has 9 nitrogen and oxygen atoms in total. The van der Waals surface area contributed by atoms with E-state index in [2.05, 4.69) is 15.3 Å². The lowest BCUT2D eigenvalue weighted by Gasteiger charge is -2.32. The van der Waals surface area contributed by atoms with Crippen molar-refractivity contribution in [1.29, 1.82) is 0 Å². The molecule has 2 atom stereocenters. The van der Waals surface area contributed by atoms with Gasteiger partial charge in [-0.2, -0.15) is 0 Å². The van der Waals surface area contributed by atoms with E-state index in [1.54, 1.807) is 12.4 Å². The molecule has 10 heteroatoms. The van der Waals surface area contributed by atoms with Gasteiger partial charge in [0.15, 0.2) is 6.10 Å². The summed E-state index contributed by atoms with van der Waals surface area (Å²) in [6.07, 6.45) is 3.89. The lowest BCUT2D eigenvalue weighted by Crippen LogP contribution is -2.45. The smallest absolute Gasteiger partial charge is 0.399 e. The maximum atomic E-state index is 11.7. The molecule has 2 saturated heterocycles. The van der Waals surface area contributed by atoms with Crippen LogP contribution in [0.5, 0.6) is 0 Å². The molecule has 1 aromatic rings. The van der Waals surface area contributed by atoms with Gasteiger partial charge < -0.3 is 29.7 Å². The Hall–Kier alpha value is -1.75. The maximum Gasteiger partial charge on any atom is 0.498 e. The van der Waals surface area contributed by atoms with Crippen molar-refractivity contribution in [1.82, 2.24) is 15.3 Å². The average molecular weight is 392 g/mol. The lowest BCUT2D eigenvalue weighted by molar-refractivity contribution is -0.131. The molecule has 0 spiro atoms. The molecular formula is C18H29BN4O5. The summed E-state index contributed by atoms with van der Waals surface area (Å²) in [6, 6.07) is 0.0394. The standard InChI is InChI=1S/C18H29BN4O5/c1-17(2)18(3,4)28-19(27-17)12-8-21-16(22-9-12)23-7-5-6-13(23)10-20-15(26)14(25)11-24/h8-9,13-14,24-25H,5-7,10-11H2,1-4H3,(H,20,26). The van der Waals surface area contributed by atoms with Crippen molar-refractivity contribution in [3.05, 3.63) is 12.4 Å². The first-order valence-corrected chi connectivity index (χ1v) is 9.65. The second kappa shape index (κ2) is 7.94. The van der Waals surface area contributed by atoms with Crippen molar-refractivity contribution < 1.29 is 24.3 Å². The molecule has 0 radical (unpaired) electrons. The highest BCUT2D eigenvalue weighted by Crippen LogP contribution is 2.36. The number of aliphatic hydroxyl groups excluding tert-OH is 2. The van der Waals surface area contributed by atoms with E-state index in [-0.39, 0.29) is 6.04 Å². The van der Waals surface area contributed by atoms with Crippen LogP contribution in [0.4, 0.5) is 5.95 Å². The van der Waals surface area contributed by atoms with Gasteiger partial charge in [-0.3, -0.25) is 4.79 Å². The summed E-state index contributed by atoms with van der Waals surface area (Å²) in [6.45, 7) is 8.55. The number of carbonyl (C=O) groups is 1. The quantitative estimate of drug-likeness (QED) is 0.540. The second-order valence-corrected chi connectivity index (χ2v) is 8.34. The monoisotopic (exact) mass is 392 g/mol. The van der Waals surface area contributed by atoms with Crippen LogP contribution in [-0.2, 0) is 14.1 Å². The topological polar surface area (TPSA) is 117 Å². The Morgan fingerprint density at radius 2 is 1.93 bits per heavy atom. The number of hydrogen-bond donors (Lipinski definition) is 3. The Morgan fingerprint density at radius 3 is 2.50 bits per heavy atom. The van der Waals surface area contributed by atoms with E-state index >= 15 is 0 Å². The fourth-order valence-corrected chi connectivity index (χ4v) is 3.31. The lowest BCUT2D eigenvalue weighted by atomic mass is 9.81. The third-order valence-electron chi connectivity index (χ3n) is 5.81. The number of nitrogens with zero attached hydrogens (tertiary/aromatic N) is 3. The zero-order chi connectivity index (χ0) is 20.5. The Morgan fingerprint density at radius 1 is 1.32 bits per heavy atom. The van der Waals surface area contributed by atoms with Crippen molar-refractivity contribution >= 4 is 24.4 Å². The minimum Gasteiger partial charge on any atom is -0.399 e. The fourth-order valence-electron chi connectivity index (χ4n) is 3.31. The highest BCUT2D eigenvalue weighted by atomic mass is 16.7. The van der Waals surface area contributed by atoms with Gasteiger partial charge in [0.1, 0.15) is 0 Å². The number of hydrogen-bond acceptors (Lipinski definition) is 8. The number of nitrogens with one attached hydrogen (secondary N) is 1. The van der Waals surface area contributed by atoms with Crippen LogP contribution < -0.4 is 15.7 Å². The number of carbonyl (C=O) groups excluding carboxylic acids is 1. The van der Waals surface area contributed by atoms with Gasteiger partial charge in [0, 0.05) is 37.0 Å². The molecular weight excluding hydrogens is 363 g/mol. The predicted molar refractivity (Wildman–Crippen MR) is 104 cm³/mol. The van der Waals surface area contributed by atoms with E-state index in [1.165, 1.54) is 0 Å². The number of amides is 1. The zero-order valence-electron chi connectivity index (χ0n) is 16.9. The molecule has 0 aliphatic carbocycles. The zero-order valence-corrected chi connectivity index (χ0v) is 16.9. The molecule has 3 rings (SSSR count). The Balaban J connectivity index is 1.64. The molecule has 0 bridgehead atoms. The SMILES string of the molecule is CC1(C)OB(c2cnc(N3CCCC3CNC(=O)C(O)CO)nc2)OC1(C)C. The molecule has 3 N–H and O–H groups in total. The average Bonchev–Trinajstić information content (AvgIpc) is 3.20. The first-order valence-electron chi connectivity index (χ1n) is 9.65. The Bertz CT molecular complexity index is 684. The molecule has 1 aromatic heterocycles. The van der Waals surface area contributed by atoms with E-state index in [9.17, 15) is 9.90 Å². The second-order valence-electron chi connectivity index (χ2n) is 8.34. The molecule has 154 valence electrons. The molecule has 1 amide bonds. The van der Waals surface area contributed by atoms with Crippen molar-refractivity contribution in [3.63, 3.8) is 0 Å². The van der Waals surface area contributed by atoms with Gasteiger partial charge in [0.05, 0.1) is 17.8 Å². The largest absolute Gasteiger partial charge is 0.498 e. The predicted octanol–water partition coefficient (Wildman–Crippen LogP) is -0.786. The van der Waals surface area contributed by atoms with Crippen LogP contribution >= 0.6 is 0 Å². The number of anilines is 1. The normalized spacial score (nSPS) is 24.4. The molecule has 28 heavy (non-hydrogen) atoms. The Kier molecular flexibility index (Phi) is 5.95. The van der Waals surface area contributed by atoms with Gasteiger partial charge in [0.25, 0.3) is 5.91 Å². The summed E-state index contributed by atoms with van der Waals surface area (Å²) in [5.41, 5.74) is -0.0842. The van der Waals surface area contributed by atoms with Gasteiger partial charge in [-0.05, 0) is 40.5 Å². The number of aromatic nitrogens is 2.